The number of rotatable bonds is 7. The predicted molar refractivity (Wildman–Crippen MR) is 115 cm³/mol. The van der Waals surface area contributed by atoms with Gasteiger partial charge >= 0.3 is 0 Å². The number of fused-ring (bicyclic) bond motifs is 1. The normalized spacial score (nSPS) is 12.8. The lowest BCUT2D eigenvalue weighted by Gasteiger charge is -2.25. The number of aromatic nitrogens is 4. The monoisotopic (exact) mass is 408 g/mol. The van der Waals surface area contributed by atoms with Crippen LogP contribution >= 0.6 is 0 Å². The quantitative estimate of drug-likeness (QED) is 0.503. The van der Waals surface area contributed by atoms with Gasteiger partial charge in [0, 0.05) is 59.0 Å². The van der Waals surface area contributed by atoms with Gasteiger partial charge in [0.15, 0.2) is 0 Å². The van der Waals surface area contributed by atoms with Gasteiger partial charge in [-0.2, -0.15) is 5.10 Å². The Bertz CT molecular complexity index is 1250. The summed E-state index contributed by atoms with van der Waals surface area (Å²) in [6.45, 7) is -2.10. The Balaban J connectivity index is 1.76. The summed E-state index contributed by atoms with van der Waals surface area (Å²) in [6, 6.07) is 11.1. The minimum absolute atomic E-state index is 0.0718. The van der Waals surface area contributed by atoms with Crippen molar-refractivity contribution in [3.63, 3.8) is 0 Å². The molecule has 0 radical (unpaired) electrons. The molecule has 0 unspecified atom stereocenters. The van der Waals surface area contributed by atoms with Gasteiger partial charge < -0.3 is 19.5 Å². The molecule has 0 saturated heterocycles. The molecule has 0 atom stereocenters. The van der Waals surface area contributed by atoms with E-state index in [1.807, 2.05) is 35.2 Å². The number of aryl methyl sites for hydroxylation is 1. The Morgan fingerprint density at radius 2 is 1.83 bits per heavy atom. The highest BCUT2D eigenvalue weighted by Gasteiger charge is 2.14. The third kappa shape index (κ3) is 3.90. The van der Waals surface area contributed by atoms with Gasteiger partial charge in [0.2, 0.25) is 0 Å². The molecule has 0 spiro atoms. The predicted octanol–water partition coefficient (Wildman–Crippen LogP) is 3.18. The summed E-state index contributed by atoms with van der Waals surface area (Å²) in [5, 5.41) is 13.6. The lowest BCUT2D eigenvalue weighted by molar-refractivity contribution is 0.305. The first-order valence-electron chi connectivity index (χ1n) is 10.8. The molecule has 8 heteroatoms. The van der Waals surface area contributed by atoms with Gasteiger partial charge in [0.25, 0.3) is 0 Å². The topological polar surface area (TPSA) is 85.5 Å². The van der Waals surface area contributed by atoms with E-state index in [0.29, 0.717) is 40.3 Å². The standard InChI is InChI=1S/C22H23N5O3/c1-26-14-15(12-24-26)22-13-23-20-5-4-16(10-21(20)25-22)27(6-7-28)17-8-18(29-2)11-19(9-17)30-3/h4-5,8-14,28H,6-7H2,1-3H3/i1D3. The van der Waals surface area contributed by atoms with Crippen molar-refractivity contribution in [2.75, 3.05) is 32.3 Å². The molecule has 0 saturated carbocycles. The van der Waals surface area contributed by atoms with Crippen molar-refractivity contribution in [1.82, 2.24) is 19.7 Å². The van der Waals surface area contributed by atoms with E-state index in [1.54, 1.807) is 26.5 Å². The Hall–Kier alpha value is -3.65. The van der Waals surface area contributed by atoms with Crippen LogP contribution in [0.4, 0.5) is 11.4 Å². The lowest BCUT2D eigenvalue weighted by Crippen LogP contribution is -2.21. The molecule has 30 heavy (non-hydrogen) atoms. The molecule has 0 aliphatic heterocycles. The van der Waals surface area contributed by atoms with E-state index >= 15 is 0 Å². The van der Waals surface area contributed by atoms with Crippen LogP contribution in [0.1, 0.15) is 4.11 Å². The maximum absolute atomic E-state index is 9.70. The molecule has 4 rings (SSSR count). The minimum Gasteiger partial charge on any atom is -0.497 e. The van der Waals surface area contributed by atoms with Crippen molar-refractivity contribution in [2.24, 2.45) is 6.98 Å². The van der Waals surface area contributed by atoms with Crippen LogP contribution < -0.4 is 14.4 Å². The second-order valence-electron chi connectivity index (χ2n) is 6.55. The van der Waals surface area contributed by atoms with E-state index in [0.717, 1.165) is 16.1 Å². The van der Waals surface area contributed by atoms with E-state index < -0.39 is 6.98 Å². The number of nitrogens with zero attached hydrogens (tertiary/aromatic N) is 5. The summed E-state index contributed by atoms with van der Waals surface area (Å²) in [4.78, 5) is 11.0. The van der Waals surface area contributed by atoms with Crippen molar-refractivity contribution in [3.8, 4) is 22.8 Å². The fraction of sp³-hybridized carbons (Fsp3) is 0.227. The number of aliphatic hydroxyl groups is 1. The van der Waals surface area contributed by atoms with E-state index in [4.69, 9.17) is 13.6 Å². The Morgan fingerprint density at radius 3 is 2.50 bits per heavy atom. The molecule has 154 valence electrons. The zero-order valence-electron chi connectivity index (χ0n) is 19.6. The molecule has 0 fully saturated rings. The summed E-state index contributed by atoms with van der Waals surface area (Å²) in [5.74, 6) is 1.25. The maximum atomic E-state index is 9.70. The van der Waals surface area contributed by atoms with Crippen molar-refractivity contribution < 1.29 is 18.7 Å². The maximum Gasteiger partial charge on any atom is 0.124 e. The third-order valence-electron chi connectivity index (χ3n) is 4.69. The van der Waals surface area contributed by atoms with Gasteiger partial charge in [-0.25, -0.2) is 4.98 Å². The number of ether oxygens (including phenoxy) is 2. The number of hydrogen-bond acceptors (Lipinski definition) is 7. The molecule has 1 N–H and O–H groups in total. The largest absolute Gasteiger partial charge is 0.497 e. The summed E-state index contributed by atoms with van der Waals surface area (Å²) in [5.41, 5.74) is 3.92. The molecule has 2 heterocycles. The minimum atomic E-state index is -2.36. The molecular weight excluding hydrogens is 382 g/mol. The number of aliphatic hydroxyl groups excluding tert-OH is 1. The molecular formula is C22H23N5O3. The summed E-state index contributed by atoms with van der Waals surface area (Å²) >= 11 is 0. The SMILES string of the molecule is [2H]C([2H])([2H])n1cc(-c2cnc3ccc(N(CCO)c4cc(OC)cc(OC)c4)cc3n2)cn1. The first-order valence-corrected chi connectivity index (χ1v) is 9.26. The average molecular weight is 408 g/mol. The molecule has 8 nitrogen and oxygen atoms in total. The highest BCUT2D eigenvalue weighted by Crippen LogP contribution is 2.33. The molecule has 2 aromatic heterocycles. The first-order chi connectivity index (χ1) is 15.8. The van der Waals surface area contributed by atoms with Gasteiger partial charge in [-0.15, -0.1) is 0 Å². The van der Waals surface area contributed by atoms with Crippen LogP contribution in [0.3, 0.4) is 0 Å². The van der Waals surface area contributed by atoms with Crippen molar-refractivity contribution >= 4 is 22.4 Å². The van der Waals surface area contributed by atoms with Crippen molar-refractivity contribution in [1.29, 1.82) is 0 Å². The van der Waals surface area contributed by atoms with Gasteiger partial charge in [0.05, 0.1) is 49.9 Å². The summed E-state index contributed by atoms with van der Waals surface area (Å²) in [6.07, 6.45) is 4.46. The average Bonchev–Trinajstić information content (AvgIpc) is 3.32. The van der Waals surface area contributed by atoms with Crippen LogP contribution in [0.25, 0.3) is 22.3 Å². The zero-order valence-corrected chi connectivity index (χ0v) is 16.6. The highest BCUT2D eigenvalue weighted by molar-refractivity contribution is 5.82. The second kappa shape index (κ2) is 8.38. The fourth-order valence-corrected chi connectivity index (χ4v) is 3.22. The second-order valence-corrected chi connectivity index (χ2v) is 6.55. The van der Waals surface area contributed by atoms with E-state index in [1.165, 1.54) is 12.4 Å². The summed E-state index contributed by atoms with van der Waals surface area (Å²) in [7, 11) is 3.16. The molecule has 0 aliphatic rings. The Kier molecular flexibility index (Phi) is 4.52. The number of anilines is 2. The number of benzene rings is 2. The first kappa shape index (κ1) is 16.2. The van der Waals surface area contributed by atoms with E-state index in [-0.39, 0.29) is 6.61 Å². The van der Waals surface area contributed by atoms with Crippen LogP contribution in [0.15, 0.2) is 55.0 Å². The fourth-order valence-electron chi connectivity index (χ4n) is 3.22. The molecule has 0 aliphatic carbocycles. The molecule has 0 bridgehead atoms. The number of methoxy groups -OCH3 is 2. The van der Waals surface area contributed by atoms with Gasteiger partial charge in [-0.05, 0) is 18.2 Å². The Morgan fingerprint density at radius 1 is 1.03 bits per heavy atom. The zero-order chi connectivity index (χ0) is 23.6. The van der Waals surface area contributed by atoms with E-state index in [9.17, 15) is 5.11 Å². The van der Waals surface area contributed by atoms with Crippen LogP contribution in [0.2, 0.25) is 0 Å². The smallest absolute Gasteiger partial charge is 0.124 e. The van der Waals surface area contributed by atoms with Crippen LogP contribution in [0, 0.1) is 0 Å². The van der Waals surface area contributed by atoms with Gasteiger partial charge in [-0.3, -0.25) is 9.67 Å². The molecule has 4 aromatic rings. The van der Waals surface area contributed by atoms with Crippen molar-refractivity contribution in [3.05, 3.63) is 55.0 Å². The lowest BCUT2D eigenvalue weighted by atomic mass is 10.2. The molecule has 0 amide bonds. The van der Waals surface area contributed by atoms with Crippen molar-refractivity contribution in [2.45, 2.75) is 0 Å². The highest BCUT2D eigenvalue weighted by atomic mass is 16.5. The van der Waals surface area contributed by atoms with Gasteiger partial charge in [-0.1, -0.05) is 0 Å². The van der Waals surface area contributed by atoms with Crippen LogP contribution in [-0.2, 0) is 6.98 Å². The Labute approximate surface area is 178 Å². The van der Waals surface area contributed by atoms with E-state index in [2.05, 4.69) is 15.1 Å². The van der Waals surface area contributed by atoms with Gasteiger partial charge in [0.1, 0.15) is 11.5 Å². The molecule has 2 aromatic carbocycles. The summed E-state index contributed by atoms with van der Waals surface area (Å²) < 4.78 is 34.2. The third-order valence-corrected chi connectivity index (χ3v) is 4.69. The number of hydrogen-bond donors (Lipinski definition) is 1. The van der Waals surface area contributed by atoms with Crippen LogP contribution in [-0.4, -0.2) is 52.2 Å². The van der Waals surface area contributed by atoms with Crippen LogP contribution in [0.5, 0.6) is 11.5 Å².